The Kier molecular flexibility index (Phi) is 9.73. The van der Waals surface area contributed by atoms with Crippen LogP contribution in [-0.4, -0.2) is 64.6 Å². The summed E-state index contributed by atoms with van der Waals surface area (Å²) in [4.78, 5) is 7.23. The third-order valence-corrected chi connectivity index (χ3v) is 6.12. The molecule has 0 bridgehead atoms. The molecule has 2 aromatic rings. The Morgan fingerprint density at radius 2 is 2.09 bits per heavy atom. The van der Waals surface area contributed by atoms with Crippen molar-refractivity contribution < 1.29 is 9.47 Å². The number of benzene rings is 1. The number of ether oxygens (including phenoxy) is 2. The number of nitrogens with zero attached hydrogens (tertiary/aromatic N) is 5. The quantitative estimate of drug-likeness (QED) is 0.307. The number of aliphatic imine (C=N–C) groups is 1. The summed E-state index contributed by atoms with van der Waals surface area (Å²) in [5.41, 5.74) is 1.22. The molecule has 0 amide bonds. The maximum Gasteiger partial charge on any atom is 0.194 e. The van der Waals surface area contributed by atoms with E-state index in [1.807, 2.05) is 24.6 Å². The van der Waals surface area contributed by atoms with Crippen LogP contribution in [0.1, 0.15) is 36.5 Å². The van der Waals surface area contributed by atoms with Crippen molar-refractivity contribution in [3.8, 4) is 0 Å². The maximum absolute atomic E-state index is 5.99. The minimum Gasteiger partial charge on any atom is -0.376 e. The Balaban J connectivity index is 0.00000289. The van der Waals surface area contributed by atoms with E-state index in [9.17, 15) is 0 Å². The molecule has 1 aromatic carbocycles. The molecule has 3 heterocycles. The van der Waals surface area contributed by atoms with Crippen LogP contribution in [0.25, 0.3) is 0 Å². The Hall–Kier alpha value is -1.72. The fraction of sp³-hybridized carbons (Fsp3) is 0.609. The van der Waals surface area contributed by atoms with Crippen LogP contribution in [0.2, 0.25) is 0 Å². The van der Waals surface area contributed by atoms with Gasteiger partial charge in [0.1, 0.15) is 12.4 Å². The van der Waals surface area contributed by atoms with Crippen LogP contribution in [-0.2, 0) is 29.7 Å². The van der Waals surface area contributed by atoms with E-state index < -0.39 is 0 Å². The molecule has 9 heteroatoms. The smallest absolute Gasteiger partial charge is 0.194 e. The number of guanidine groups is 1. The van der Waals surface area contributed by atoms with Crippen LogP contribution in [0.5, 0.6) is 0 Å². The molecule has 0 aliphatic carbocycles. The van der Waals surface area contributed by atoms with Crippen molar-refractivity contribution in [3.63, 3.8) is 0 Å². The van der Waals surface area contributed by atoms with Crippen molar-refractivity contribution in [3.05, 3.63) is 47.5 Å². The number of likely N-dealkylation sites (tertiary alicyclic amines) is 1. The first-order valence-corrected chi connectivity index (χ1v) is 11.3. The lowest BCUT2D eigenvalue weighted by Gasteiger charge is -2.23. The van der Waals surface area contributed by atoms with E-state index >= 15 is 0 Å². The summed E-state index contributed by atoms with van der Waals surface area (Å²) < 4.78 is 13.8. The van der Waals surface area contributed by atoms with Gasteiger partial charge in [-0.3, -0.25) is 0 Å². The van der Waals surface area contributed by atoms with Crippen LogP contribution < -0.4 is 5.32 Å². The Morgan fingerprint density at radius 1 is 1.25 bits per heavy atom. The predicted molar refractivity (Wildman–Crippen MR) is 135 cm³/mol. The summed E-state index contributed by atoms with van der Waals surface area (Å²) in [6, 6.07) is 10.4. The van der Waals surface area contributed by atoms with E-state index in [0.717, 1.165) is 69.7 Å². The number of hydrogen-bond donors (Lipinski definition) is 1. The molecule has 32 heavy (non-hydrogen) atoms. The molecular formula is C23H35IN6O2. The summed E-state index contributed by atoms with van der Waals surface area (Å²) >= 11 is 0. The van der Waals surface area contributed by atoms with Crippen LogP contribution in [0.3, 0.4) is 0 Å². The molecule has 176 valence electrons. The first kappa shape index (κ1) is 24.9. The third-order valence-electron chi connectivity index (χ3n) is 6.12. The Bertz CT molecular complexity index is 853. The average molecular weight is 554 g/mol. The van der Waals surface area contributed by atoms with Gasteiger partial charge in [0.05, 0.1) is 19.3 Å². The second-order valence-electron chi connectivity index (χ2n) is 8.48. The second kappa shape index (κ2) is 12.5. The molecule has 0 spiro atoms. The van der Waals surface area contributed by atoms with Crippen LogP contribution >= 0.6 is 24.0 Å². The molecule has 4 rings (SSSR count). The van der Waals surface area contributed by atoms with Crippen LogP contribution in [0.4, 0.5) is 0 Å². The van der Waals surface area contributed by atoms with Crippen molar-refractivity contribution in [2.45, 2.75) is 45.4 Å². The van der Waals surface area contributed by atoms with E-state index in [1.165, 1.54) is 5.56 Å². The monoisotopic (exact) mass is 554 g/mol. The number of aromatic nitrogens is 3. The molecule has 1 aromatic heterocycles. The van der Waals surface area contributed by atoms with Gasteiger partial charge >= 0.3 is 0 Å². The lowest BCUT2D eigenvalue weighted by atomic mass is 10.1. The minimum atomic E-state index is 0. The lowest BCUT2D eigenvalue weighted by Crippen LogP contribution is -2.43. The Morgan fingerprint density at radius 3 is 2.81 bits per heavy atom. The molecule has 8 nitrogen and oxygen atoms in total. The van der Waals surface area contributed by atoms with Crippen LogP contribution in [0, 0.1) is 12.8 Å². The minimum absolute atomic E-state index is 0. The summed E-state index contributed by atoms with van der Waals surface area (Å²) in [5.74, 6) is 3.21. The predicted octanol–water partition coefficient (Wildman–Crippen LogP) is 2.90. The fourth-order valence-corrected chi connectivity index (χ4v) is 4.09. The molecule has 2 unspecified atom stereocenters. The van der Waals surface area contributed by atoms with Gasteiger partial charge in [0.2, 0.25) is 0 Å². The lowest BCUT2D eigenvalue weighted by molar-refractivity contribution is 0.0905. The van der Waals surface area contributed by atoms with Crippen molar-refractivity contribution in [1.82, 2.24) is 25.0 Å². The molecule has 1 N–H and O–H groups in total. The highest BCUT2D eigenvalue weighted by Gasteiger charge is 2.26. The standard InChI is InChI=1S/C23H34N6O2.HI/c1-18-26-27-22(28(18)2)14-25-23(24-13-21-9-6-12-31-21)29-11-10-20(15-29)17-30-16-19-7-4-3-5-8-19;/h3-5,7-8,20-21H,6,9-17H2,1-2H3,(H,24,25);1H. The molecule has 2 atom stereocenters. The second-order valence-corrected chi connectivity index (χ2v) is 8.48. The summed E-state index contributed by atoms with van der Waals surface area (Å²) in [6.07, 6.45) is 3.63. The summed E-state index contributed by atoms with van der Waals surface area (Å²) in [5, 5.41) is 12.0. The van der Waals surface area contributed by atoms with Gasteiger partial charge in [0, 0.05) is 39.2 Å². The normalized spacial score (nSPS) is 21.1. The molecule has 2 fully saturated rings. The number of halogens is 1. The summed E-state index contributed by atoms with van der Waals surface area (Å²) in [6.45, 7) is 7.49. The SMILES string of the molecule is Cc1nnc(CN=C(NCC2CCCO2)N2CCC(COCc3ccccc3)C2)n1C.I. The first-order valence-electron chi connectivity index (χ1n) is 11.3. The van der Waals surface area contributed by atoms with E-state index in [2.05, 4.69) is 44.7 Å². The molecule has 2 aliphatic rings. The molecule has 0 radical (unpaired) electrons. The van der Waals surface area contributed by atoms with Crippen LogP contribution in [0.15, 0.2) is 35.3 Å². The van der Waals surface area contributed by atoms with Gasteiger partial charge in [0.25, 0.3) is 0 Å². The zero-order valence-electron chi connectivity index (χ0n) is 19.1. The molecule has 2 aliphatic heterocycles. The van der Waals surface area contributed by atoms with Crippen molar-refractivity contribution in [2.75, 3.05) is 32.8 Å². The van der Waals surface area contributed by atoms with Crippen molar-refractivity contribution in [1.29, 1.82) is 0 Å². The number of aryl methyl sites for hydroxylation is 1. The van der Waals surface area contributed by atoms with Crippen molar-refractivity contribution >= 4 is 29.9 Å². The zero-order chi connectivity index (χ0) is 21.5. The van der Waals surface area contributed by atoms with E-state index in [-0.39, 0.29) is 30.1 Å². The van der Waals surface area contributed by atoms with Gasteiger partial charge in [-0.15, -0.1) is 34.2 Å². The van der Waals surface area contributed by atoms with E-state index in [4.69, 9.17) is 14.5 Å². The van der Waals surface area contributed by atoms with E-state index in [0.29, 0.717) is 19.1 Å². The van der Waals surface area contributed by atoms with Crippen molar-refractivity contribution in [2.24, 2.45) is 18.0 Å². The highest BCUT2D eigenvalue weighted by atomic mass is 127. The molecule has 0 saturated carbocycles. The Labute approximate surface area is 207 Å². The third kappa shape index (κ3) is 6.89. The van der Waals surface area contributed by atoms with Gasteiger partial charge in [0.15, 0.2) is 11.8 Å². The fourth-order valence-electron chi connectivity index (χ4n) is 4.09. The largest absolute Gasteiger partial charge is 0.376 e. The average Bonchev–Trinajstić information content (AvgIpc) is 3.53. The maximum atomic E-state index is 5.99. The van der Waals surface area contributed by atoms with Gasteiger partial charge < -0.3 is 24.3 Å². The van der Waals surface area contributed by atoms with Gasteiger partial charge in [-0.05, 0) is 31.7 Å². The first-order chi connectivity index (χ1) is 15.2. The zero-order valence-corrected chi connectivity index (χ0v) is 21.4. The summed E-state index contributed by atoms with van der Waals surface area (Å²) in [7, 11) is 1.98. The van der Waals surface area contributed by atoms with Gasteiger partial charge in [-0.1, -0.05) is 30.3 Å². The number of hydrogen-bond acceptors (Lipinski definition) is 5. The van der Waals surface area contributed by atoms with E-state index in [1.54, 1.807) is 0 Å². The van der Waals surface area contributed by atoms with Gasteiger partial charge in [-0.2, -0.15) is 0 Å². The molecular weight excluding hydrogens is 519 g/mol. The van der Waals surface area contributed by atoms with Gasteiger partial charge in [-0.25, -0.2) is 4.99 Å². The molecule has 2 saturated heterocycles. The highest BCUT2D eigenvalue weighted by Crippen LogP contribution is 2.18. The topological polar surface area (TPSA) is 76.8 Å². The number of nitrogens with one attached hydrogen (secondary N) is 1. The highest BCUT2D eigenvalue weighted by molar-refractivity contribution is 14.0. The number of rotatable bonds is 8.